The maximum absolute atomic E-state index is 11.7. The Morgan fingerprint density at radius 1 is 0.606 bits per heavy atom. The molecule has 2 amide bonds. The van der Waals surface area contributed by atoms with Crippen LogP contribution in [0.1, 0.15) is 78.1 Å². The quantitative estimate of drug-likeness (QED) is 0.140. The third kappa shape index (κ3) is 21.2. The van der Waals surface area contributed by atoms with Crippen LogP contribution in [-0.2, 0) is 13.6 Å². The molecule has 0 saturated carbocycles. The van der Waals surface area contributed by atoms with Gasteiger partial charge in [0.2, 0.25) is 0 Å². The normalized spacial score (nSPS) is 11.8. The highest BCUT2D eigenvalue weighted by atomic mass is 28.4. The smallest absolute Gasteiger partial charge is 0.407 e. The Morgan fingerprint density at radius 3 is 1.36 bits per heavy atom. The molecule has 0 radical (unpaired) electrons. The van der Waals surface area contributed by atoms with E-state index in [1.165, 1.54) is 25.7 Å². The first-order valence-electron chi connectivity index (χ1n) is 13.1. The first kappa shape index (κ1) is 31.9. The zero-order valence-electron chi connectivity index (χ0n) is 22.4. The zero-order chi connectivity index (χ0) is 25.0. The van der Waals surface area contributed by atoms with Crippen LogP contribution >= 0.6 is 0 Å². The zero-order valence-corrected chi connectivity index (χ0v) is 24.4. The van der Waals surface area contributed by atoms with E-state index in [1.54, 1.807) is 0 Å². The third-order valence-electron chi connectivity index (χ3n) is 5.46. The number of alkyl carbamates (subject to hydrolysis) is 2. The lowest BCUT2D eigenvalue weighted by atomic mass is 10.2. The molecule has 0 heterocycles. The number of unbranched alkanes of at least 4 members (excludes halogenated alkanes) is 6. The molecule has 2 N–H and O–H groups in total. The van der Waals surface area contributed by atoms with Gasteiger partial charge < -0.3 is 24.2 Å². The van der Waals surface area contributed by atoms with Crippen molar-refractivity contribution in [2.75, 3.05) is 26.3 Å². The van der Waals surface area contributed by atoms with Gasteiger partial charge in [-0.05, 0) is 64.0 Å². The Bertz CT molecular complexity index is 475. The minimum absolute atomic E-state index is 0.313. The molecule has 0 unspecified atom stereocenters. The molecule has 0 aromatic rings. The number of carbonyl (C=O) groups excluding carboxylic acids is 2. The molecule has 0 atom stereocenters. The van der Waals surface area contributed by atoms with Crippen LogP contribution in [0.5, 0.6) is 0 Å². The van der Waals surface area contributed by atoms with Crippen LogP contribution in [0, 0.1) is 0 Å². The second-order valence-corrected chi connectivity index (χ2v) is 18.9. The Balaban J connectivity index is 3.91. The van der Waals surface area contributed by atoms with Crippen LogP contribution in [0.25, 0.3) is 0 Å². The lowest BCUT2D eigenvalue weighted by Crippen LogP contribution is -2.44. The van der Waals surface area contributed by atoms with Gasteiger partial charge >= 0.3 is 12.2 Å². The summed E-state index contributed by atoms with van der Waals surface area (Å²) in [6, 6.07) is 1.92. The van der Waals surface area contributed by atoms with E-state index in [0.29, 0.717) is 26.3 Å². The maximum Gasteiger partial charge on any atom is 0.407 e. The summed E-state index contributed by atoms with van der Waals surface area (Å²) in [6.45, 7) is 15.5. The topological polar surface area (TPSA) is 85.9 Å². The SMILES string of the molecule is CCCCCCNC(=O)OCCC[Si](C)(C)O[Si](C)(C)CCCOC(=O)NCCCCCC. The standard InChI is InChI=1S/C24H52N2O5Si2/c1-7-9-11-13-17-25-23(27)29-19-15-21-32(3,4)31-33(5,6)22-16-20-30-24(28)26-18-14-12-10-8-2/h7-22H2,1-6H3,(H,25,27)(H,26,28). The summed E-state index contributed by atoms with van der Waals surface area (Å²) in [5, 5.41) is 5.64. The van der Waals surface area contributed by atoms with Gasteiger partial charge in [-0.3, -0.25) is 0 Å². The van der Waals surface area contributed by atoms with Crippen LogP contribution in [0.2, 0.25) is 38.3 Å². The van der Waals surface area contributed by atoms with Crippen LogP contribution < -0.4 is 10.6 Å². The molecule has 0 aromatic carbocycles. The molecule has 0 fully saturated rings. The van der Waals surface area contributed by atoms with Crippen molar-refractivity contribution >= 4 is 28.8 Å². The van der Waals surface area contributed by atoms with E-state index in [4.69, 9.17) is 13.6 Å². The highest BCUT2D eigenvalue weighted by Crippen LogP contribution is 2.23. The average Bonchev–Trinajstić information content (AvgIpc) is 2.73. The van der Waals surface area contributed by atoms with Gasteiger partial charge in [0.1, 0.15) is 0 Å². The van der Waals surface area contributed by atoms with Crippen LogP contribution in [0.4, 0.5) is 9.59 Å². The first-order chi connectivity index (χ1) is 15.6. The molecule has 0 aliphatic carbocycles. The molecule has 0 saturated heterocycles. The van der Waals surface area contributed by atoms with Crippen LogP contribution in [0.15, 0.2) is 0 Å². The largest absolute Gasteiger partial charge is 0.455 e. The minimum atomic E-state index is -1.83. The Kier molecular flexibility index (Phi) is 18.6. The van der Waals surface area contributed by atoms with Gasteiger partial charge in [-0.25, -0.2) is 9.59 Å². The highest BCUT2D eigenvalue weighted by molar-refractivity contribution is 6.84. The number of hydrogen-bond donors (Lipinski definition) is 2. The highest BCUT2D eigenvalue weighted by Gasteiger charge is 2.32. The van der Waals surface area contributed by atoms with Crippen molar-refractivity contribution in [3.63, 3.8) is 0 Å². The van der Waals surface area contributed by atoms with Crippen molar-refractivity contribution in [2.45, 2.75) is 116 Å². The molecule has 196 valence electrons. The first-order valence-corrected chi connectivity index (χ1v) is 19.4. The monoisotopic (exact) mass is 504 g/mol. The minimum Gasteiger partial charge on any atom is -0.455 e. The predicted octanol–water partition coefficient (Wildman–Crippen LogP) is 6.81. The number of amides is 2. The van der Waals surface area contributed by atoms with Gasteiger partial charge in [-0.1, -0.05) is 52.4 Å². The summed E-state index contributed by atoms with van der Waals surface area (Å²) in [5.74, 6) is 0. The summed E-state index contributed by atoms with van der Waals surface area (Å²) in [7, 11) is -3.66. The second kappa shape index (κ2) is 19.3. The van der Waals surface area contributed by atoms with E-state index >= 15 is 0 Å². The molecule has 0 aliphatic heterocycles. The number of rotatable bonds is 20. The molecule has 0 aliphatic rings. The summed E-state index contributed by atoms with van der Waals surface area (Å²) in [6.07, 6.45) is 10.1. The molecular weight excluding hydrogens is 452 g/mol. The van der Waals surface area contributed by atoms with Crippen molar-refractivity contribution in [2.24, 2.45) is 0 Å². The van der Waals surface area contributed by atoms with Crippen molar-refractivity contribution in [1.82, 2.24) is 10.6 Å². The molecule has 33 heavy (non-hydrogen) atoms. The van der Waals surface area contributed by atoms with Gasteiger partial charge in [-0.15, -0.1) is 0 Å². The van der Waals surface area contributed by atoms with E-state index in [0.717, 1.165) is 50.6 Å². The van der Waals surface area contributed by atoms with Gasteiger partial charge in [0.25, 0.3) is 0 Å². The molecule has 0 aromatic heterocycles. The van der Waals surface area contributed by atoms with Gasteiger partial charge in [-0.2, -0.15) is 0 Å². The summed E-state index contributed by atoms with van der Waals surface area (Å²) in [5.41, 5.74) is 0. The molecule has 0 spiro atoms. The second-order valence-electron chi connectivity index (χ2n) is 10.1. The molecule has 7 nitrogen and oxygen atoms in total. The van der Waals surface area contributed by atoms with E-state index in [-0.39, 0.29) is 12.2 Å². The van der Waals surface area contributed by atoms with E-state index in [1.807, 2.05) is 0 Å². The number of carbonyl (C=O) groups is 2. The average molecular weight is 505 g/mol. The summed E-state index contributed by atoms with van der Waals surface area (Å²) >= 11 is 0. The van der Waals surface area contributed by atoms with Crippen molar-refractivity contribution in [3.05, 3.63) is 0 Å². The molecule has 0 bridgehead atoms. The van der Waals surface area contributed by atoms with Crippen LogP contribution in [-0.4, -0.2) is 55.1 Å². The third-order valence-corrected chi connectivity index (χ3v) is 13.0. The number of nitrogens with one attached hydrogen (secondary N) is 2. The summed E-state index contributed by atoms with van der Waals surface area (Å²) < 4.78 is 17.2. The fourth-order valence-electron chi connectivity index (χ4n) is 3.76. The fourth-order valence-corrected chi connectivity index (χ4v) is 12.6. The Labute approximate surface area is 205 Å². The van der Waals surface area contributed by atoms with Crippen molar-refractivity contribution in [1.29, 1.82) is 0 Å². The molecular formula is C24H52N2O5Si2. The Morgan fingerprint density at radius 2 is 1.00 bits per heavy atom. The Hall–Kier alpha value is -1.07. The number of ether oxygens (including phenoxy) is 2. The number of hydrogen-bond acceptors (Lipinski definition) is 5. The van der Waals surface area contributed by atoms with Gasteiger partial charge in [0.15, 0.2) is 16.6 Å². The van der Waals surface area contributed by atoms with Gasteiger partial charge in [0.05, 0.1) is 13.2 Å². The van der Waals surface area contributed by atoms with E-state index in [9.17, 15) is 9.59 Å². The van der Waals surface area contributed by atoms with Crippen LogP contribution in [0.3, 0.4) is 0 Å². The lowest BCUT2D eigenvalue weighted by Gasteiger charge is -2.34. The fraction of sp³-hybridized carbons (Fsp3) is 0.917. The molecule has 0 rings (SSSR count). The van der Waals surface area contributed by atoms with E-state index in [2.05, 4.69) is 50.7 Å². The lowest BCUT2D eigenvalue weighted by molar-refractivity contribution is 0.145. The summed E-state index contributed by atoms with van der Waals surface area (Å²) in [4.78, 5) is 23.5. The predicted molar refractivity (Wildman–Crippen MR) is 142 cm³/mol. The van der Waals surface area contributed by atoms with E-state index < -0.39 is 16.6 Å². The van der Waals surface area contributed by atoms with Crippen molar-refractivity contribution < 1.29 is 23.2 Å². The van der Waals surface area contributed by atoms with Gasteiger partial charge in [0, 0.05) is 13.1 Å². The van der Waals surface area contributed by atoms with Crippen molar-refractivity contribution in [3.8, 4) is 0 Å². The maximum atomic E-state index is 11.7. The molecule has 9 heteroatoms.